The van der Waals surface area contributed by atoms with Crippen LogP contribution in [-0.4, -0.2) is 41.0 Å². The van der Waals surface area contributed by atoms with E-state index < -0.39 is 0 Å². The second kappa shape index (κ2) is 9.14. The Morgan fingerprint density at radius 2 is 1.96 bits per heavy atom. The fraction of sp³-hybridized carbons (Fsp3) is 0.500. The van der Waals surface area contributed by atoms with Crippen molar-refractivity contribution in [3.8, 4) is 11.4 Å². The molecule has 142 valence electrons. The number of benzene rings is 1. The lowest BCUT2D eigenvalue weighted by molar-refractivity contribution is 0.199. The molecular formula is C20H28Cl2N4. The number of hydrogen-bond donors (Lipinski definition) is 1. The third-order valence-corrected chi connectivity index (χ3v) is 5.47. The molecule has 1 atom stereocenters. The van der Waals surface area contributed by atoms with Crippen molar-refractivity contribution in [3.05, 3.63) is 47.8 Å². The summed E-state index contributed by atoms with van der Waals surface area (Å²) in [5.41, 5.74) is 4.06. The number of nitrogens with one attached hydrogen (secondary N) is 1. The number of nitrogens with zero attached hydrogens (tertiary/aromatic N) is 3. The maximum Gasteiger partial charge on any atom is 0.159 e. The van der Waals surface area contributed by atoms with Crippen LogP contribution in [0.15, 0.2) is 36.7 Å². The molecule has 26 heavy (non-hydrogen) atoms. The highest BCUT2D eigenvalue weighted by Gasteiger charge is 2.38. The van der Waals surface area contributed by atoms with Crippen molar-refractivity contribution in [2.75, 3.05) is 26.2 Å². The molecule has 4 rings (SSSR count). The van der Waals surface area contributed by atoms with Gasteiger partial charge in [0.2, 0.25) is 0 Å². The summed E-state index contributed by atoms with van der Waals surface area (Å²) >= 11 is 0. The van der Waals surface area contributed by atoms with Crippen LogP contribution in [0.2, 0.25) is 0 Å². The van der Waals surface area contributed by atoms with E-state index in [9.17, 15) is 0 Å². The summed E-state index contributed by atoms with van der Waals surface area (Å²) in [5.74, 6) is 0.817. The number of halogens is 2. The van der Waals surface area contributed by atoms with Gasteiger partial charge in [-0.3, -0.25) is 4.90 Å². The first-order chi connectivity index (χ1) is 11.7. The van der Waals surface area contributed by atoms with Gasteiger partial charge in [0, 0.05) is 43.2 Å². The number of piperidine rings is 1. The smallest absolute Gasteiger partial charge is 0.159 e. The number of likely N-dealkylation sites (tertiary alicyclic amines) is 1. The van der Waals surface area contributed by atoms with Crippen LogP contribution in [0, 0.1) is 12.3 Å². The second-order valence-electron chi connectivity index (χ2n) is 7.53. The van der Waals surface area contributed by atoms with Gasteiger partial charge in [0.15, 0.2) is 5.82 Å². The maximum absolute atomic E-state index is 4.59. The lowest BCUT2D eigenvalue weighted by Crippen LogP contribution is -2.41. The van der Waals surface area contributed by atoms with Crippen molar-refractivity contribution < 1.29 is 0 Å². The summed E-state index contributed by atoms with van der Waals surface area (Å²) in [6, 6.07) is 8.36. The van der Waals surface area contributed by atoms with Gasteiger partial charge in [0.05, 0.1) is 0 Å². The standard InChI is InChI=1S/C20H26N4.2ClH/c1-16-4-2-5-18(10-16)19-22-11-17(12-23-19)13-24-9-7-20(15-24)6-3-8-21-14-20;;/h2,4-5,10-12,21H,3,6-9,13-15H2,1H3;2*1H. The Balaban J connectivity index is 0.00000121. The lowest BCUT2D eigenvalue weighted by Gasteiger charge is -2.34. The van der Waals surface area contributed by atoms with Gasteiger partial charge in [-0.1, -0.05) is 23.8 Å². The minimum Gasteiger partial charge on any atom is -0.316 e. The molecule has 1 aromatic heterocycles. The molecule has 3 heterocycles. The molecule has 2 saturated heterocycles. The zero-order valence-electron chi connectivity index (χ0n) is 15.3. The van der Waals surface area contributed by atoms with Crippen LogP contribution >= 0.6 is 24.8 Å². The monoisotopic (exact) mass is 394 g/mol. The van der Waals surface area contributed by atoms with E-state index in [-0.39, 0.29) is 24.8 Å². The van der Waals surface area contributed by atoms with E-state index in [1.54, 1.807) is 0 Å². The van der Waals surface area contributed by atoms with E-state index in [2.05, 4.69) is 51.4 Å². The predicted molar refractivity (Wildman–Crippen MR) is 111 cm³/mol. The van der Waals surface area contributed by atoms with Gasteiger partial charge in [0.25, 0.3) is 0 Å². The molecule has 1 aromatic carbocycles. The van der Waals surface area contributed by atoms with Crippen molar-refractivity contribution >= 4 is 24.8 Å². The zero-order chi connectivity index (χ0) is 16.4. The topological polar surface area (TPSA) is 41.1 Å². The first-order valence-electron chi connectivity index (χ1n) is 9.04. The molecule has 1 N–H and O–H groups in total. The highest BCUT2D eigenvalue weighted by molar-refractivity contribution is 5.85. The van der Waals surface area contributed by atoms with Crippen LogP contribution in [0.1, 0.15) is 30.4 Å². The number of rotatable bonds is 3. The van der Waals surface area contributed by atoms with Crippen LogP contribution < -0.4 is 5.32 Å². The molecule has 1 spiro atoms. The number of aromatic nitrogens is 2. The van der Waals surface area contributed by atoms with Gasteiger partial charge in [0.1, 0.15) is 0 Å². The van der Waals surface area contributed by atoms with Gasteiger partial charge in [-0.25, -0.2) is 9.97 Å². The van der Waals surface area contributed by atoms with E-state index in [1.165, 1.54) is 56.6 Å². The van der Waals surface area contributed by atoms with Crippen molar-refractivity contribution in [3.63, 3.8) is 0 Å². The van der Waals surface area contributed by atoms with E-state index in [0.717, 1.165) is 17.9 Å². The average Bonchev–Trinajstić information content (AvgIpc) is 2.98. The Hall–Kier alpha value is -1.20. The molecule has 0 radical (unpaired) electrons. The summed E-state index contributed by atoms with van der Waals surface area (Å²) in [4.78, 5) is 11.7. The average molecular weight is 395 g/mol. The van der Waals surface area contributed by atoms with Crippen LogP contribution in [0.4, 0.5) is 0 Å². The molecule has 0 amide bonds. The Morgan fingerprint density at radius 3 is 2.65 bits per heavy atom. The summed E-state index contributed by atoms with van der Waals surface area (Å²) < 4.78 is 0. The van der Waals surface area contributed by atoms with Crippen molar-refractivity contribution in [1.82, 2.24) is 20.2 Å². The molecule has 2 aromatic rings. The first-order valence-corrected chi connectivity index (χ1v) is 9.04. The number of hydrogen-bond acceptors (Lipinski definition) is 4. The second-order valence-corrected chi connectivity index (χ2v) is 7.53. The first kappa shape index (κ1) is 21.1. The Bertz CT molecular complexity index is 699. The lowest BCUT2D eigenvalue weighted by atomic mass is 9.80. The molecular weight excluding hydrogens is 367 g/mol. The molecule has 2 aliphatic rings. The fourth-order valence-corrected chi connectivity index (χ4v) is 4.17. The zero-order valence-corrected chi connectivity index (χ0v) is 16.9. The fourth-order valence-electron chi connectivity index (χ4n) is 4.17. The molecule has 0 saturated carbocycles. The summed E-state index contributed by atoms with van der Waals surface area (Å²) in [6.07, 6.45) is 8.01. The Morgan fingerprint density at radius 1 is 1.15 bits per heavy atom. The molecule has 4 nitrogen and oxygen atoms in total. The van der Waals surface area contributed by atoms with Gasteiger partial charge in [-0.05, 0) is 50.8 Å². The van der Waals surface area contributed by atoms with E-state index in [4.69, 9.17) is 0 Å². The van der Waals surface area contributed by atoms with Crippen molar-refractivity contribution in [2.45, 2.75) is 32.7 Å². The predicted octanol–water partition coefficient (Wildman–Crippen LogP) is 3.87. The third-order valence-electron chi connectivity index (χ3n) is 5.47. The molecule has 1 unspecified atom stereocenters. The quantitative estimate of drug-likeness (QED) is 0.857. The van der Waals surface area contributed by atoms with Gasteiger partial charge >= 0.3 is 0 Å². The van der Waals surface area contributed by atoms with Crippen molar-refractivity contribution in [1.29, 1.82) is 0 Å². The Kier molecular flexibility index (Phi) is 7.42. The van der Waals surface area contributed by atoms with E-state index in [1.807, 2.05) is 12.4 Å². The maximum atomic E-state index is 4.59. The molecule has 0 bridgehead atoms. The molecule has 0 aliphatic carbocycles. The summed E-state index contributed by atoms with van der Waals surface area (Å²) in [7, 11) is 0. The van der Waals surface area contributed by atoms with Crippen LogP contribution in [0.5, 0.6) is 0 Å². The van der Waals surface area contributed by atoms with Gasteiger partial charge in [-0.2, -0.15) is 0 Å². The van der Waals surface area contributed by atoms with Crippen LogP contribution in [-0.2, 0) is 6.54 Å². The van der Waals surface area contributed by atoms with Crippen molar-refractivity contribution in [2.24, 2.45) is 5.41 Å². The van der Waals surface area contributed by atoms with Crippen LogP contribution in [0.25, 0.3) is 11.4 Å². The van der Waals surface area contributed by atoms with Gasteiger partial charge < -0.3 is 5.32 Å². The molecule has 6 heteroatoms. The molecule has 2 aliphatic heterocycles. The van der Waals surface area contributed by atoms with Crippen LogP contribution in [0.3, 0.4) is 0 Å². The van der Waals surface area contributed by atoms with E-state index in [0.29, 0.717) is 5.41 Å². The summed E-state index contributed by atoms with van der Waals surface area (Å²) in [6.45, 7) is 7.85. The highest BCUT2D eigenvalue weighted by Crippen LogP contribution is 2.36. The SMILES string of the molecule is Cc1cccc(-c2ncc(CN3CCC4(CCCNC4)C3)cn2)c1.Cl.Cl. The molecule has 2 fully saturated rings. The minimum absolute atomic E-state index is 0. The van der Waals surface area contributed by atoms with E-state index >= 15 is 0 Å². The normalized spacial score (nSPS) is 22.7. The number of aryl methyl sites for hydroxylation is 1. The largest absolute Gasteiger partial charge is 0.316 e. The Labute approximate surface area is 168 Å². The van der Waals surface area contributed by atoms with Gasteiger partial charge in [-0.15, -0.1) is 24.8 Å². The minimum atomic E-state index is 0. The highest BCUT2D eigenvalue weighted by atomic mass is 35.5. The third kappa shape index (κ3) is 4.74. The summed E-state index contributed by atoms with van der Waals surface area (Å²) in [5, 5.41) is 3.58.